The number of carboxylic acids is 1. The Hall–Kier alpha value is -1.35. The molecule has 0 aromatic heterocycles. The summed E-state index contributed by atoms with van der Waals surface area (Å²) in [6.45, 7) is 3.81. The van der Waals surface area contributed by atoms with E-state index < -0.39 is 23.6 Å². The van der Waals surface area contributed by atoms with Gasteiger partial charge in [0, 0.05) is 18.1 Å². The quantitative estimate of drug-likeness (QED) is 0.710. The molecule has 0 bridgehead atoms. The van der Waals surface area contributed by atoms with Crippen molar-refractivity contribution in [2.45, 2.75) is 25.4 Å². The van der Waals surface area contributed by atoms with E-state index in [4.69, 9.17) is 11.5 Å². The second kappa shape index (κ2) is 5.32. The zero-order chi connectivity index (χ0) is 13.1. The predicted octanol–water partition coefficient (Wildman–Crippen LogP) is 0.610. The molecule has 1 saturated heterocycles. The third kappa shape index (κ3) is 3.56. The molecule has 1 unspecified atom stereocenters. The number of terminal acetylenes is 1. The minimum Gasteiger partial charge on any atom is -0.480 e. The highest BCUT2D eigenvalue weighted by Gasteiger charge is 2.34. The second-order valence-corrected chi connectivity index (χ2v) is 5.47. The molecule has 1 atom stereocenters. The summed E-state index contributed by atoms with van der Waals surface area (Å²) >= 11 is 1.53. The van der Waals surface area contributed by atoms with Gasteiger partial charge in [0.05, 0.1) is 5.54 Å². The molecule has 0 aromatic carbocycles. The largest absolute Gasteiger partial charge is 0.480 e. The van der Waals surface area contributed by atoms with Crippen molar-refractivity contribution < 1.29 is 14.7 Å². The van der Waals surface area contributed by atoms with Gasteiger partial charge in [-0.3, -0.25) is 0 Å². The molecule has 0 saturated carbocycles. The van der Waals surface area contributed by atoms with Crippen molar-refractivity contribution in [1.82, 2.24) is 10.2 Å². The number of carbonyl (C=O) groups is 2. The van der Waals surface area contributed by atoms with Crippen molar-refractivity contribution in [3.8, 4) is 12.3 Å². The van der Waals surface area contributed by atoms with Crippen LogP contribution in [0, 0.1) is 12.3 Å². The standard InChI is InChI=1S/C11H16N2O3S/c1-4-11(2,3)12-10(16)13-5-6-17-7-8(13)9(14)15/h1,8H,5-7H2,2-3H3,(H,12,16)(H,14,15). The molecule has 1 heterocycles. The van der Waals surface area contributed by atoms with Crippen LogP contribution >= 0.6 is 11.8 Å². The molecule has 5 nitrogen and oxygen atoms in total. The molecule has 94 valence electrons. The Balaban J connectivity index is 2.73. The lowest BCUT2D eigenvalue weighted by Crippen LogP contribution is -2.57. The van der Waals surface area contributed by atoms with Crippen molar-refractivity contribution in [3.05, 3.63) is 0 Å². The van der Waals surface area contributed by atoms with E-state index in [0.717, 1.165) is 5.75 Å². The lowest BCUT2D eigenvalue weighted by molar-refractivity contribution is -0.141. The highest BCUT2D eigenvalue weighted by molar-refractivity contribution is 7.99. The highest BCUT2D eigenvalue weighted by atomic mass is 32.2. The molecule has 0 aliphatic carbocycles. The Morgan fingerprint density at radius 1 is 1.59 bits per heavy atom. The summed E-state index contributed by atoms with van der Waals surface area (Å²) in [5.41, 5.74) is -0.773. The molecule has 1 aliphatic rings. The Morgan fingerprint density at radius 2 is 2.24 bits per heavy atom. The van der Waals surface area contributed by atoms with Gasteiger partial charge in [0.15, 0.2) is 0 Å². The zero-order valence-electron chi connectivity index (χ0n) is 9.90. The Bertz CT molecular complexity index is 362. The van der Waals surface area contributed by atoms with Crippen LogP contribution < -0.4 is 5.32 Å². The van der Waals surface area contributed by atoms with Crippen LogP contribution in [0.2, 0.25) is 0 Å². The van der Waals surface area contributed by atoms with E-state index in [9.17, 15) is 9.59 Å². The number of urea groups is 1. The number of hydrogen-bond donors (Lipinski definition) is 2. The molecule has 2 amide bonds. The number of nitrogens with zero attached hydrogens (tertiary/aromatic N) is 1. The molecular formula is C11H16N2O3S. The number of amides is 2. The van der Waals surface area contributed by atoms with Crippen molar-refractivity contribution in [2.75, 3.05) is 18.1 Å². The van der Waals surface area contributed by atoms with Crippen molar-refractivity contribution in [3.63, 3.8) is 0 Å². The monoisotopic (exact) mass is 256 g/mol. The molecule has 0 aromatic rings. The van der Waals surface area contributed by atoms with E-state index in [1.807, 2.05) is 0 Å². The molecule has 17 heavy (non-hydrogen) atoms. The topological polar surface area (TPSA) is 69.6 Å². The molecule has 6 heteroatoms. The number of rotatable bonds is 2. The number of nitrogens with one attached hydrogen (secondary N) is 1. The van der Waals surface area contributed by atoms with Crippen LogP contribution in [-0.2, 0) is 4.79 Å². The summed E-state index contributed by atoms with van der Waals surface area (Å²) in [5, 5.41) is 11.7. The third-order valence-electron chi connectivity index (χ3n) is 2.45. The fraction of sp³-hybridized carbons (Fsp3) is 0.636. The Morgan fingerprint density at radius 3 is 2.76 bits per heavy atom. The maximum Gasteiger partial charge on any atom is 0.327 e. The maximum atomic E-state index is 11.9. The van der Waals surface area contributed by atoms with Crippen LogP contribution in [0.15, 0.2) is 0 Å². The molecule has 2 N–H and O–H groups in total. The van der Waals surface area contributed by atoms with Crippen LogP contribution in [0.25, 0.3) is 0 Å². The minimum atomic E-state index is -0.981. The summed E-state index contributed by atoms with van der Waals surface area (Å²) in [7, 11) is 0. The van der Waals surface area contributed by atoms with Gasteiger partial charge in [-0.15, -0.1) is 6.42 Å². The van der Waals surface area contributed by atoms with E-state index in [0.29, 0.717) is 12.3 Å². The SMILES string of the molecule is C#CC(C)(C)NC(=O)N1CCSCC1C(=O)O. The number of aliphatic carboxylic acids is 1. The van der Waals surface area contributed by atoms with Gasteiger partial charge >= 0.3 is 12.0 Å². The van der Waals surface area contributed by atoms with Crippen molar-refractivity contribution in [1.29, 1.82) is 0 Å². The minimum absolute atomic E-state index is 0.416. The van der Waals surface area contributed by atoms with Crippen molar-refractivity contribution >= 4 is 23.8 Å². The van der Waals surface area contributed by atoms with E-state index in [1.54, 1.807) is 13.8 Å². The number of carboxylic acid groups (broad SMARTS) is 1. The smallest absolute Gasteiger partial charge is 0.327 e. The first-order valence-electron chi connectivity index (χ1n) is 5.24. The van der Waals surface area contributed by atoms with E-state index in [-0.39, 0.29) is 0 Å². The fourth-order valence-electron chi connectivity index (χ4n) is 1.43. The predicted molar refractivity (Wildman–Crippen MR) is 66.9 cm³/mol. The summed E-state index contributed by atoms with van der Waals surface area (Å²) in [4.78, 5) is 24.3. The molecule has 1 rings (SSSR count). The summed E-state index contributed by atoms with van der Waals surface area (Å²) in [5.74, 6) is 2.62. The summed E-state index contributed by atoms with van der Waals surface area (Å²) in [6.07, 6.45) is 5.27. The fourth-order valence-corrected chi connectivity index (χ4v) is 2.46. The Kier molecular flexibility index (Phi) is 4.29. The first kappa shape index (κ1) is 13.7. The van der Waals surface area contributed by atoms with Gasteiger partial charge in [-0.05, 0) is 13.8 Å². The van der Waals surface area contributed by atoms with E-state index in [1.165, 1.54) is 16.7 Å². The highest BCUT2D eigenvalue weighted by Crippen LogP contribution is 2.17. The van der Waals surface area contributed by atoms with Gasteiger partial charge in [-0.1, -0.05) is 5.92 Å². The van der Waals surface area contributed by atoms with E-state index in [2.05, 4.69) is 11.2 Å². The molecule has 1 fully saturated rings. The number of carbonyl (C=O) groups excluding carboxylic acids is 1. The van der Waals surface area contributed by atoms with Gasteiger partial charge in [-0.25, -0.2) is 9.59 Å². The normalized spacial score (nSPS) is 20.5. The molecule has 1 aliphatic heterocycles. The van der Waals surface area contributed by atoms with Crippen LogP contribution in [0.4, 0.5) is 4.79 Å². The Labute approximate surface area is 105 Å². The van der Waals surface area contributed by atoms with Gasteiger partial charge < -0.3 is 15.3 Å². The van der Waals surface area contributed by atoms with E-state index >= 15 is 0 Å². The molecule has 0 spiro atoms. The second-order valence-electron chi connectivity index (χ2n) is 4.32. The first-order valence-corrected chi connectivity index (χ1v) is 6.40. The lowest BCUT2D eigenvalue weighted by Gasteiger charge is -2.34. The number of hydrogen-bond acceptors (Lipinski definition) is 3. The van der Waals surface area contributed by atoms with Crippen LogP contribution in [0.1, 0.15) is 13.8 Å². The average molecular weight is 256 g/mol. The lowest BCUT2D eigenvalue weighted by atomic mass is 10.1. The molecular weight excluding hydrogens is 240 g/mol. The number of thioether (sulfide) groups is 1. The van der Waals surface area contributed by atoms with Crippen LogP contribution in [0.3, 0.4) is 0 Å². The van der Waals surface area contributed by atoms with Crippen molar-refractivity contribution in [2.24, 2.45) is 0 Å². The average Bonchev–Trinajstić information content (AvgIpc) is 2.28. The zero-order valence-corrected chi connectivity index (χ0v) is 10.7. The summed E-state index contributed by atoms with van der Waals surface area (Å²) < 4.78 is 0. The van der Waals surface area contributed by atoms with Crippen LogP contribution in [-0.4, -0.2) is 51.6 Å². The van der Waals surface area contributed by atoms with Gasteiger partial charge in [0.25, 0.3) is 0 Å². The molecule has 0 radical (unpaired) electrons. The van der Waals surface area contributed by atoms with Gasteiger partial charge in [-0.2, -0.15) is 11.8 Å². The van der Waals surface area contributed by atoms with Gasteiger partial charge in [0.1, 0.15) is 6.04 Å². The van der Waals surface area contributed by atoms with Crippen LogP contribution in [0.5, 0.6) is 0 Å². The third-order valence-corrected chi connectivity index (χ3v) is 3.48. The van der Waals surface area contributed by atoms with Gasteiger partial charge in [0.2, 0.25) is 0 Å². The summed E-state index contributed by atoms with van der Waals surface area (Å²) in [6, 6.07) is -1.19. The first-order chi connectivity index (χ1) is 7.87. The maximum absolute atomic E-state index is 11.9.